The number of hydrogen-bond donors (Lipinski definition) is 1. The number of hydrogen-bond acceptors (Lipinski definition) is 3. The molecule has 0 heterocycles. The Morgan fingerprint density at radius 3 is 2.67 bits per heavy atom. The molecule has 0 radical (unpaired) electrons. The highest BCUT2D eigenvalue weighted by molar-refractivity contribution is 7.13. The van der Waals surface area contributed by atoms with E-state index < -0.39 is 23.6 Å². The molecule has 0 spiro atoms. The van der Waals surface area contributed by atoms with Gasteiger partial charge in [0.1, 0.15) is 17.7 Å². The number of methoxy groups -OCH3 is 1. The topological polar surface area (TPSA) is 38.3 Å². The van der Waals surface area contributed by atoms with Crippen LogP contribution in [0.25, 0.3) is 0 Å². The van der Waals surface area contributed by atoms with Gasteiger partial charge in [-0.25, -0.2) is 13.6 Å². The van der Waals surface area contributed by atoms with Crippen molar-refractivity contribution in [3.05, 3.63) is 35.4 Å². The third kappa shape index (κ3) is 2.70. The van der Waals surface area contributed by atoms with Crippen LogP contribution in [-0.2, 0) is 9.53 Å². The third-order valence-corrected chi connectivity index (χ3v) is 2.21. The molecule has 0 aromatic heterocycles. The summed E-state index contributed by atoms with van der Waals surface area (Å²) >= 11 is 0. The van der Waals surface area contributed by atoms with Gasteiger partial charge in [-0.2, -0.15) is 0 Å². The molecular formula is C9H10F2NO2P. The lowest BCUT2D eigenvalue weighted by molar-refractivity contribution is -0.142. The SMILES string of the molecule is COC(=O)C(NP)c1ccc(F)cc1F. The van der Waals surface area contributed by atoms with Gasteiger partial charge >= 0.3 is 5.97 Å². The summed E-state index contributed by atoms with van der Waals surface area (Å²) in [6.07, 6.45) is 0. The lowest BCUT2D eigenvalue weighted by atomic mass is 10.1. The molecule has 0 aliphatic heterocycles. The van der Waals surface area contributed by atoms with Crippen molar-refractivity contribution in [1.29, 1.82) is 0 Å². The summed E-state index contributed by atoms with van der Waals surface area (Å²) in [6, 6.07) is 2.04. The summed E-state index contributed by atoms with van der Waals surface area (Å²) in [7, 11) is 3.28. The first-order valence-corrected chi connectivity index (χ1v) is 4.66. The highest BCUT2D eigenvalue weighted by atomic mass is 31.0. The van der Waals surface area contributed by atoms with Gasteiger partial charge in [0.05, 0.1) is 7.11 Å². The van der Waals surface area contributed by atoms with Crippen LogP contribution in [0.15, 0.2) is 18.2 Å². The van der Waals surface area contributed by atoms with Crippen LogP contribution in [0.4, 0.5) is 8.78 Å². The Morgan fingerprint density at radius 1 is 1.53 bits per heavy atom. The van der Waals surface area contributed by atoms with Crippen molar-refractivity contribution in [2.75, 3.05) is 7.11 Å². The van der Waals surface area contributed by atoms with Gasteiger partial charge in [0.2, 0.25) is 0 Å². The molecule has 6 heteroatoms. The lowest BCUT2D eigenvalue weighted by Gasteiger charge is -2.14. The number of rotatable bonds is 3. The molecule has 15 heavy (non-hydrogen) atoms. The van der Waals surface area contributed by atoms with E-state index in [1.54, 1.807) is 0 Å². The maximum Gasteiger partial charge on any atom is 0.327 e. The fourth-order valence-electron chi connectivity index (χ4n) is 1.14. The van der Waals surface area contributed by atoms with Gasteiger partial charge in [0.15, 0.2) is 0 Å². The number of halogens is 2. The minimum Gasteiger partial charge on any atom is -0.468 e. The molecule has 0 fully saturated rings. The number of esters is 1. The fraction of sp³-hybridized carbons (Fsp3) is 0.222. The number of carbonyl (C=O) groups is 1. The van der Waals surface area contributed by atoms with Crippen molar-refractivity contribution in [3.8, 4) is 0 Å². The maximum atomic E-state index is 13.3. The Morgan fingerprint density at radius 2 is 2.20 bits per heavy atom. The quantitative estimate of drug-likeness (QED) is 0.636. The van der Waals surface area contributed by atoms with Crippen molar-refractivity contribution in [2.24, 2.45) is 0 Å². The monoisotopic (exact) mass is 233 g/mol. The third-order valence-electron chi connectivity index (χ3n) is 1.88. The lowest BCUT2D eigenvalue weighted by Crippen LogP contribution is -2.23. The van der Waals surface area contributed by atoms with Gasteiger partial charge in [-0.1, -0.05) is 15.5 Å². The number of carbonyl (C=O) groups excluding carboxylic acids is 1. The molecule has 0 saturated carbocycles. The normalized spacial score (nSPS) is 12.3. The molecule has 0 aliphatic carbocycles. The summed E-state index contributed by atoms with van der Waals surface area (Å²) in [5.41, 5.74) is 0.0400. The molecule has 0 aliphatic rings. The second-order valence-corrected chi connectivity index (χ2v) is 3.12. The summed E-state index contributed by atoms with van der Waals surface area (Å²) in [4.78, 5) is 11.2. The number of ether oxygens (including phenoxy) is 1. The van der Waals surface area contributed by atoms with E-state index in [1.165, 1.54) is 13.2 Å². The van der Waals surface area contributed by atoms with Gasteiger partial charge < -0.3 is 4.74 Å². The first kappa shape index (κ1) is 12.0. The molecule has 1 aromatic rings. The van der Waals surface area contributed by atoms with Crippen molar-refractivity contribution in [1.82, 2.24) is 5.09 Å². The predicted octanol–water partition coefficient (Wildman–Crippen LogP) is 1.56. The first-order chi connectivity index (χ1) is 7.10. The van der Waals surface area contributed by atoms with E-state index in [0.29, 0.717) is 6.07 Å². The predicted molar refractivity (Wildman–Crippen MR) is 54.0 cm³/mol. The number of benzene rings is 1. The Balaban J connectivity index is 3.07. The molecule has 0 saturated heterocycles. The van der Waals surface area contributed by atoms with Crippen LogP contribution in [0.2, 0.25) is 0 Å². The Bertz CT molecular complexity index is 373. The van der Waals surface area contributed by atoms with Crippen LogP contribution < -0.4 is 5.09 Å². The van der Waals surface area contributed by atoms with E-state index in [0.717, 1.165) is 6.07 Å². The van der Waals surface area contributed by atoms with Gasteiger partial charge in [-0.3, -0.25) is 5.09 Å². The van der Waals surface area contributed by atoms with Crippen LogP contribution in [0.3, 0.4) is 0 Å². The van der Waals surface area contributed by atoms with Gasteiger partial charge in [-0.05, 0) is 6.07 Å². The van der Waals surface area contributed by atoms with E-state index in [1.807, 2.05) is 0 Å². The summed E-state index contributed by atoms with van der Waals surface area (Å²) in [5.74, 6) is -2.13. The molecule has 1 N–H and O–H groups in total. The molecular weight excluding hydrogens is 223 g/mol. The van der Waals surface area contributed by atoms with Gasteiger partial charge in [-0.15, -0.1) is 0 Å². The van der Waals surface area contributed by atoms with Crippen LogP contribution in [0, 0.1) is 11.6 Å². The molecule has 0 bridgehead atoms. The molecule has 1 aromatic carbocycles. The molecule has 3 nitrogen and oxygen atoms in total. The smallest absolute Gasteiger partial charge is 0.327 e. The van der Waals surface area contributed by atoms with Crippen LogP contribution in [0.5, 0.6) is 0 Å². The first-order valence-electron chi connectivity index (χ1n) is 4.09. The highest BCUT2D eigenvalue weighted by Gasteiger charge is 2.22. The van der Waals surface area contributed by atoms with E-state index in [4.69, 9.17) is 0 Å². The molecule has 1 rings (SSSR count). The Labute approximate surface area is 88.1 Å². The van der Waals surface area contributed by atoms with Crippen molar-refractivity contribution in [3.63, 3.8) is 0 Å². The Hall–Kier alpha value is -1.06. The van der Waals surface area contributed by atoms with E-state index in [9.17, 15) is 13.6 Å². The van der Waals surface area contributed by atoms with Crippen molar-refractivity contribution >= 4 is 15.4 Å². The minimum absolute atomic E-state index is 0.0400. The maximum absolute atomic E-state index is 13.3. The van der Waals surface area contributed by atoms with Gasteiger partial charge in [0.25, 0.3) is 0 Å². The second kappa shape index (κ2) is 5.14. The minimum atomic E-state index is -0.958. The Kier molecular flexibility index (Phi) is 4.12. The summed E-state index contributed by atoms with van der Waals surface area (Å²) in [5, 5.41) is 2.51. The zero-order valence-corrected chi connectivity index (χ0v) is 9.11. The fourth-order valence-corrected chi connectivity index (χ4v) is 1.45. The zero-order chi connectivity index (χ0) is 11.4. The van der Waals surface area contributed by atoms with Gasteiger partial charge in [0, 0.05) is 11.6 Å². The van der Waals surface area contributed by atoms with E-state index >= 15 is 0 Å². The summed E-state index contributed by atoms with van der Waals surface area (Å²) < 4.78 is 30.4. The van der Waals surface area contributed by atoms with Crippen LogP contribution in [0.1, 0.15) is 11.6 Å². The standard InChI is InChI=1S/C9H10F2NO2P/c1-14-9(13)8(12-15)6-3-2-5(10)4-7(6)11/h2-4,8,12H,15H2,1H3. The van der Waals surface area contributed by atoms with E-state index in [2.05, 4.69) is 19.2 Å². The van der Waals surface area contributed by atoms with Crippen LogP contribution in [-0.4, -0.2) is 13.1 Å². The number of nitrogens with one attached hydrogen (secondary N) is 1. The molecule has 2 unspecified atom stereocenters. The summed E-state index contributed by atoms with van der Waals surface area (Å²) in [6.45, 7) is 0. The van der Waals surface area contributed by atoms with Crippen molar-refractivity contribution in [2.45, 2.75) is 6.04 Å². The molecule has 2 atom stereocenters. The van der Waals surface area contributed by atoms with E-state index in [-0.39, 0.29) is 5.56 Å². The molecule has 0 amide bonds. The zero-order valence-electron chi connectivity index (χ0n) is 7.96. The average molecular weight is 233 g/mol. The highest BCUT2D eigenvalue weighted by Crippen LogP contribution is 2.20. The average Bonchev–Trinajstić information content (AvgIpc) is 2.21. The molecule has 82 valence electrons. The second-order valence-electron chi connectivity index (χ2n) is 2.79. The largest absolute Gasteiger partial charge is 0.468 e. The van der Waals surface area contributed by atoms with Crippen LogP contribution >= 0.6 is 9.39 Å². The van der Waals surface area contributed by atoms with Crippen molar-refractivity contribution < 1.29 is 18.3 Å².